The van der Waals surface area contributed by atoms with Gasteiger partial charge in [0.25, 0.3) is 5.89 Å². The van der Waals surface area contributed by atoms with Crippen molar-refractivity contribution in [3.8, 4) is 11.5 Å². The average molecular weight is 557 g/mol. The second kappa shape index (κ2) is 11.6. The largest absolute Gasteiger partial charge is 0.416 e. The second-order valence-corrected chi connectivity index (χ2v) is 9.55. The zero-order valence-electron chi connectivity index (χ0n) is 20.5. The molecule has 1 aliphatic rings. The van der Waals surface area contributed by atoms with Crippen LogP contribution in [0.4, 0.5) is 33.3 Å². The number of nitrogens with zero attached hydrogens (tertiary/aromatic N) is 6. The van der Waals surface area contributed by atoms with E-state index in [0.29, 0.717) is 17.8 Å². The molecule has 0 saturated carbocycles. The zero-order chi connectivity index (χ0) is 27.4. The number of rotatable bonds is 9. The SMILES string of the molecule is CSN1CCC(N(C)c2ccc(C(F)(F)F)cc2N(C=O)Cc2ccc(-c3nnc(C(F)F)o3)cn2)CC1. The van der Waals surface area contributed by atoms with E-state index in [2.05, 4.69) is 19.5 Å². The maximum atomic E-state index is 13.6. The Hall–Kier alpha value is -3.26. The Labute approximate surface area is 220 Å². The van der Waals surface area contributed by atoms with E-state index in [1.165, 1.54) is 29.3 Å². The molecule has 0 bridgehead atoms. The van der Waals surface area contributed by atoms with Gasteiger partial charge in [0.15, 0.2) is 0 Å². The molecule has 38 heavy (non-hydrogen) atoms. The summed E-state index contributed by atoms with van der Waals surface area (Å²) < 4.78 is 73.3. The van der Waals surface area contributed by atoms with Gasteiger partial charge in [-0.1, -0.05) is 11.9 Å². The summed E-state index contributed by atoms with van der Waals surface area (Å²) in [7, 11) is 1.82. The van der Waals surface area contributed by atoms with Crippen molar-refractivity contribution < 1.29 is 31.2 Å². The first-order valence-electron chi connectivity index (χ1n) is 11.6. The van der Waals surface area contributed by atoms with Gasteiger partial charge in [0.2, 0.25) is 12.3 Å². The highest BCUT2D eigenvalue weighted by molar-refractivity contribution is 7.96. The van der Waals surface area contributed by atoms with E-state index >= 15 is 0 Å². The smallest absolute Gasteiger partial charge is 0.415 e. The van der Waals surface area contributed by atoms with Gasteiger partial charge in [-0.05, 0) is 49.4 Å². The maximum Gasteiger partial charge on any atom is 0.416 e. The number of hydrogen-bond acceptors (Lipinski definition) is 8. The fraction of sp³-hybridized carbons (Fsp3) is 0.417. The lowest BCUT2D eigenvalue weighted by atomic mass is 10.0. The van der Waals surface area contributed by atoms with Gasteiger partial charge in [-0.2, -0.15) is 22.0 Å². The van der Waals surface area contributed by atoms with Crippen LogP contribution < -0.4 is 9.80 Å². The number of carbonyl (C=O) groups excluding carboxylic acids is 1. The number of carbonyl (C=O) groups is 1. The van der Waals surface area contributed by atoms with Crippen molar-refractivity contribution in [2.24, 2.45) is 0 Å². The molecule has 0 aliphatic carbocycles. The topological polar surface area (TPSA) is 78.6 Å². The van der Waals surface area contributed by atoms with E-state index in [1.807, 2.05) is 18.2 Å². The molecular weight excluding hydrogens is 531 g/mol. The molecule has 1 amide bonds. The number of aromatic nitrogens is 3. The Morgan fingerprint density at radius 3 is 2.45 bits per heavy atom. The summed E-state index contributed by atoms with van der Waals surface area (Å²) in [6.45, 7) is 1.57. The van der Waals surface area contributed by atoms with Crippen LogP contribution in [0.3, 0.4) is 0 Å². The van der Waals surface area contributed by atoms with Crippen LogP contribution in [0, 0.1) is 0 Å². The molecule has 0 radical (unpaired) electrons. The van der Waals surface area contributed by atoms with Gasteiger partial charge < -0.3 is 14.2 Å². The average Bonchev–Trinajstić information content (AvgIpc) is 3.42. The van der Waals surface area contributed by atoms with Crippen molar-refractivity contribution >= 4 is 29.7 Å². The van der Waals surface area contributed by atoms with Gasteiger partial charge >= 0.3 is 12.6 Å². The third-order valence-electron chi connectivity index (χ3n) is 6.38. The maximum absolute atomic E-state index is 13.6. The number of piperidine rings is 1. The lowest BCUT2D eigenvalue weighted by Gasteiger charge is -2.38. The molecule has 4 rings (SSSR count). The fourth-order valence-electron chi connectivity index (χ4n) is 4.27. The van der Waals surface area contributed by atoms with Gasteiger partial charge in [-0.25, -0.2) is 0 Å². The summed E-state index contributed by atoms with van der Waals surface area (Å²) >= 11 is 1.66. The molecule has 0 unspecified atom stereocenters. The minimum Gasteiger partial charge on any atom is -0.415 e. The van der Waals surface area contributed by atoms with Crippen LogP contribution in [0.25, 0.3) is 11.5 Å². The fourth-order valence-corrected chi connectivity index (χ4v) is 4.85. The molecule has 204 valence electrons. The molecule has 0 atom stereocenters. The first kappa shape index (κ1) is 27.8. The molecule has 0 spiro atoms. The van der Waals surface area contributed by atoms with Crippen LogP contribution in [0.15, 0.2) is 40.9 Å². The van der Waals surface area contributed by atoms with E-state index in [0.717, 1.165) is 38.1 Å². The summed E-state index contributed by atoms with van der Waals surface area (Å²) in [6, 6.07) is 6.46. The predicted molar refractivity (Wildman–Crippen MR) is 133 cm³/mol. The molecule has 3 aromatic rings. The Morgan fingerprint density at radius 1 is 1.16 bits per heavy atom. The lowest BCUT2D eigenvalue weighted by Crippen LogP contribution is -2.41. The molecule has 0 N–H and O–H groups in total. The third kappa shape index (κ3) is 6.23. The predicted octanol–water partition coefficient (Wildman–Crippen LogP) is 5.43. The number of halogens is 5. The first-order valence-corrected chi connectivity index (χ1v) is 12.8. The molecule has 1 aromatic carbocycles. The first-order chi connectivity index (χ1) is 18.1. The Kier molecular flexibility index (Phi) is 8.51. The van der Waals surface area contributed by atoms with E-state index in [-0.39, 0.29) is 29.7 Å². The molecule has 3 heterocycles. The minimum absolute atomic E-state index is 0.0901. The summed E-state index contributed by atoms with van der Waals surface area (Å²) in [4.78, 5) is 19.5. The summed E-state index contributed by atoms with van der Waals surface area (Å²) in [5.41, 5.74) is 0.363. The highest BCUT2D eigenvalue weighted by atomic mass is 32.2. The summed E-state index contributed by atoms with van der Waals surface area (Å²) in [5.74, 6) is -0.975. The molecule has 8 nitrogen and oxygen atoms in total. The number of anilines is 2. The Morgan fingerprint density at radius 2 is 1.89 bits per heavy atom. The zero-order valence-corrected chi connectivity index (χ0v) is 21.3. The standard InChI is InChI=1S/C24H25F5N6O2S/c1-33(18-7-9-35(38-2)10-8-18)19-6-4-16(24(27,28)29)11-20(19)34(14-36)13-17-5-3-15(12-30-17)22-31-32-23(37-22)21(25)26/h3-6,11-12,14,18,21H,7-10,13H2,1-2H3. The van der Waals surface area contributed by atoms with Gasteiger partial charge in [-0.15, -0.1) is 10.2 Å². The van der Waals surface area contributed by atoms with Crippen molar-refractivity contribution in [1.29, 1.82) is 0 Å². The third-order valence-corrected chi connectivity index (χ3v) is 7.26. The van der Waals surface area contributed by atoms with Crippen LogP contribution in [-0.2, 0) is 17.5 Å². The normalized spacial score (nSPS) is 15.2. The highest BCUT2D eigenvalue weighted by Crippen LogP contribution is 2.38. The van der Waals surface area contributed by atoms with Gasteiger partial charge in [0.05, 0.1) is 34.7 Å². The van der Waals surface area contributed by atoms with E-state index in [9.17, 15) is 26.7 Å². The summed E-state index contributed by atoms with van der Waals surface area (Å²) in [6.07, 6.45) is -2.09. The van der Waals surface area contributed by atoms with E-state index < -0.39 is 24.1 Å². The van der Waals surface area contributed by atoms with Crippen molar-refractivity contribution in [3.05, 3.63) is 53.7 Å². The lowest BCUT2D eigenvalue weighted by molar-refractivity contribution is -0.137. The Balaban J connectivity index is 1.60. The monoisotopic (exact) mass is 556 g/mol. The number of amides is 1. The number of hydrogen-bond donors (Lipinski definition) is 0. The number of pyridine rings is 1. The quantitative estimate of drug-likeness (QED) is 0.196. The van der Waals surface area contributed by atoms with Gasteiger partial charge in [0, 0.05) is 32.4 Å². The van der Waals surface area contributed by atoms with Crippen molar-refractivity contribution in [1.82, 2.24) is 19.5 Å². The highest BCUT2D eigenvalue weighted by Gasteiger charge is 2.33. The van der Waals surface area contributed by atoms with Crippen LogP contribution in [0.1, 0.15) is 36.4 Å². The van der Waals surface area contributed by atoms with Crippen LogP contribution >= 0.6 is 11.9 Å². The van der Waals surface area contributed by atoms with Gasteiger partial charge in [-0.3, -0.25) is 14.1 Å². The van der Waals surface area contributed by atoms with Crippen LogP contribution in [-0.4, -0.2) is 58.3 Å². The van der Waals surface area contributed by atoms with Crippen LogP contribution in [0.2, 0.25) is 0 Å². The van der Waals surface area contributed by atoms with Gasteiger partial charge in [0.1, 0.15) is 0 Å². The van der Waals surface area contributed by atoms with E-state index in [1.54, 1.807) is 11.9 Å². The molecule has 1 fully saturated rings. The van der Waals surface area contributed by atoms with Crippen LogP contribution in [0.5, 0.6) is 0 Å². The second-order valence-electron chi connectivity index (χ2n) is 8.67. The molecule has 2 aromatic heterocycles. The summed E-state index contributed by atoms with van der Waals surface area (Å²) in [5, 5.41) is 6.83. The molecule has 1 saturated heterocycles. The van der Waals surface area contributed by atoms with E-state index in [4.69, 9.17) is 4.42 Å². The molecular formula is C24H25F5N6O2S. The van der Waals surface area contributed by atoms with Crippen molar-refractivity contribution in [2.45, 2.75) is 38.0 Å². The Bertz CT molecular complexity index is 1230. The minimum atomic E-state index is -4.59. The molecule has 14 heteroatoms. The van der Waals surface area contributed by atoms with Crippen molar-refractivity contribution in [3.63, 3.8) is 0 Å². The molecule has 1 aliphatic heterocycles. The number of alkyl halides is 5. The van der Waals surface area contributed by atoms with Crippen molar-refractivity contribution in [2.75, 3.05) is 36.2 Å². The number of benzene rings is 1.